The first-order valence-electron chi connectivity index (χ1n) is 8.61. The van der Waals surface area contributed by atoms with Crippen molar-refractivity contribution in [1.82, 2.24) is 5.32 Å². The number of nitrogens with one attached hydrogen (secondary N) is 2. The van der Waals surface area contributed by atoms with Gasteiger partial charge in [0.15, 0.2) is 0 Å². The molecule has 1 aliphatic carbocycles. The Morgan fingerprint density at radius 1 is 1.08 bits per heavy atom. The number of amides is 1. The zero-order chi connectivity index (χ0) is 18.7. The molecule has 1 aliphatic rings. The van der Waals surface area contributed by atoms with Gasteiger partial charge in [0.1, 0.15) is 5.60 Å². The number of hydrogen-bond donors (Lipinski definition) is 2. The van der Waals surface area contributed by atoms with E-state index in [2.05, 4.69) is 38.7 Å². The lowest BCUT2D eigenvalue weighted by atomic mass is 9.89. The molecule has 0 fully saturated rings. The second-order valence-corrected chi connectivity index (χ2v) is 8.12. The second kappa shape index (κ2) is 7.54. The van der Waals surface area contributed by atoms with Crippen LogP contribution in [0.4, 0.5) is 10.5 Å². The minimum Gasteiger partial charge on any atom is -0.444 e. The number of anilines is 1. The van der Waals surface area contributed by atoms with E-state index in [0.29, 0.717) is 0 Å². The molecule has 136 valence electrons. The molecule has 2 aromatic carbocycles. The molecule has 0 aliphatic heterocycles. The van der Waals surface area contributed by atoms with Gasteiger partial charge in [0.25, 0.3) is 0 Å². The van der Waals surface area contributed by atoms with Crippen LogP contribution in [0, 0.1) is 0 Å². The molecule has 0 saturated carbocycles. The lowest BCUT2D eigenvalue weighted by Gasteiger charge is -2.32. The van der Waals surface area contributed by atoms with Crippen molar-refractivity contribution in [1.29, 1.82) is 0 Å². The molecule has 0 radical (unpaired) electrons. The summed E-state index contributed by atoms with van der Waals surface area (Å²) in [6, 6.07) is 15.7. The summed E-state index contributed by atoms with van der Waals surface area (Å²) in [6.45, 7) is 5.58. The van der Waals surface area contributed by atoms with E-state index in [0.717, 1.165) is 21.3 Å². The zero-order valence-electron chi connectivity index (χ0n) is 15.1. The van der Waals surface area contributed by atoms with Crippen molar-refractivity contribution in [2.45, 2.75) is 38.5 Å². The van der Waals surface area contributed by atoms with Crippen LogP contribution < -0.4 is 10.6 Å². The molecule has 4 nitrogen and oxygen atoms in total. The van der Waals surface area contributed by atoms with Crippen molar-refractivity contribution < 1.29 is 9.53 Å². The van der Waals surface area contributed by atoms with Crippen LogP contribution in [0.25, 0.3) is 6.08 Å². The van der Waals surface area contributed by atoms with Crippen molar-refractivity contribution in [3.63, 3.8) is 0 Å². The third kappa shape index (κ3) is 4.47. The predicted molar refractivity (Wildman–Crippen MR) is 109 cm³/mol. The van der Waals surface area contributed by atoms with E-state index in [1.54, 1.807) is 0 Å². The Bertz CT molecular complexity index is 827. The van der Waals surface area contributed by atoms with E-state index in [4.69, 9.17) is 4.74 Å². The van der Waals surface area contributed by atoms with E-state index in [1.165, 1.54) is 0 Å². The molecule has 2 aromatic rings. The number of rotatable bonds is 3. The van der Waals surface area contributed by atoms with Crippen molar-refractivity contribution in [3.8, 4) is 0 Å². The maximum atomic E-state index is 12.4. The molecule has 2 atom stereocenters. The Labute approximate surface area is 162 Å². The van der Waals surface area contributed by atoms with Crippen molar-refractivity contribution in [2.75, 3.05) is 5.32 Å². The standard InChI is InChI=1S/C21H23BrN2O2/c1-21(2,3)26-20(25)24-19-15-9-5-4-8-14(15)12-13-18(19)23-17-11-7-6-10-16(17)22/h4-13,18-19,23H,1-3H3,(H,24,25)/t18-,19-/m0/s1. The van der Waals surface area contributed by atoms with Crippen LogP contribution in [0.3, 0.4) is 0 Å². The summed E-state index contributed by atoms with van der Waals surface area (Å²) < 4.78 is 6.44. The van der Waals surface area contributed by atoms with Gasteiger partial charge in [-0.1, -0.05) is 48.6 Å². The summed E-state index contributed by atoms with van der Waals surface area (Å²) in [4.78, 5) is 12.4. The monoisotopic (exact) mass is 414 g/mol. The summed E-state index contributed by atoms with van der Waals surface area (Å²) in [5.74, 6) is 0. The van der Waals surface area contributed by atoms with Gasteiger partial charge in [-0.25, -0.2) is 4.79 Å². The molecule has 26 heavy (non-hydrogen) atoms. The highest BCUT2D eigenvalue weighted by molar-refractivity contribution is 9.10. The largest absolute Gasteiger partial charge is 0.444 e. The SMILES string of the molecule is CC(C)(C)OC(=O)N[C@H]1c2ccccc2C=C[C@@H]1Nc1ccccc1Br. The first-order chi connectivity index (χ1) is 12.3. The van der Waals surface area contributed by atoms with Crippen LogP contribution >= 0.6 is 15.9 Å². The third-order valence-electron chi connectivity index (χ3n) is 4.04. The maximum absolute atomic E-state index is 12.4. The minimum absolute atomic E-state index is 0.101. The van der Waals surface area contributed by atoms with Crippen LogP contribution in [-0.2, 0) is 4.74 Å². The Balaban J connectivity index is 1.87. The molecule has 0 saturated heterocycles. The van der Waals surface area contributed by atoms with Gasteiger partial charge in [-0.2, -0.15) is 0 Å². The molecular formula is C21H23BrN2O2. The zero-order valence-corrected chi connectivity index (χ0v) is 16.7. The van der Waals surface area contributed by atoms with Crippen molar-refractivity contribution in [2.24, 2.45) is 0 Å². The third-order valence-corrected chi connectivity index (χ3v) is 4.73. The lowest BCUT2D eigenvalue weighted by Crippen LogP contribution is -2.43. The predicted octanol–water partition coefficient (Wildman–Crippen LogP) is 5.52. The summed E-state index contributed by atoms with van der Waals surface area (Å²) in [6.07, 6.45) is 3.73. The maximum Gasteiger partial charge on any atom is 0.408 e. The quantitative estimate of drug-likeness (QED) is 0.694. The van der Waals surface area contributed by atoms with Gasteiger partial charge < -0.3 is 15.4 Å². The number of fused-ring (bicyclic) bond motifs is 1. The lowest BCUT2D eigenvalue weighted by molar-refractivity contribution is 0.0501. The number of ether oxygens (including phenoxy) is 1. The van der Waals surface area contributed by atoms with Crippen LogP contribution in [-0.4, -0.2) is 17.7 Å². The van der Waals surface area contributed by atoms with E-state index in [-0.39, 0.29) is 12.1 Å². The highest BCUT2D eigenvalue weighted by atomic mass is 79.9. The summed E-state index contributed by atoms with van der Waals surface area (Å²) in [5.41, 5.74) is 2.58. The van der Waals surface area contributed by atoms with Crippen LogP contribution in [0.15, 0.2) is 59.1 Å². The Hall–Kier alpha value is -2.27. The Morgan fingerprint density at radius 3 is 2.50 bits per heavy atom. The first kappa shape index (κ1) is 18.5. The number of hydrogen-bond acceptors (Lipinski definition) is 3. The molecule has 0 unspecified atom stereocenters. The van der Waals surface area contributed by atoms with Gasteiger partial charge in [0, 0.05) is 10.2 Å². The molecule has 5 heteroatoms. The van der Waals surface area contributed by atoms with Gasteiger partial charge >= 0.3 is 6.09 Å². The molecular weight excluding hydrogens is 392 g/mol. The number of benzene rings is 2. The fourth-order valence-corrected chi connectivity index (χ4v) is 3.35. The number of para-hydroxylation sites is 1. The van der Waals surface area contributed by atoms with E-state index in [9.17, 15) is 4.79 Å². The van der Waals surface area contributed by atoms with Gasteiger partial charge in [-0.15, -0.1) is 0 Å². The molecule has 1 amide bonds. The fraction of sp³-hybridized carbons (Fsp3) is 0.286. The van der Waals surface area contributed by atoms with Gasteiger partial charge in [0.2, 0.25) is 0 Å². The van der Waals surface area contributed by atoms with Crippen LogP contribution in [0.5, 0.6) is 0 Å². The van der Waals surface area contributed by atoms with Crippen molar-refractivity contribution >= 4 is 33.8 Å². The number of carbonyl (C=O) groups is 1. The summed E-state index contributed by atoms with van der Waals surface area (Å²) in [5, 5.41) is 6.54. The highest BCUT2D eigenvalue weighted by Gasteiger charge is 2.29. The Morgan fingerprint density at radius 2 is 1.77 bits per heavy atom. The molecule has 2 N–H and O–H groups in total. The average molecular weight is 415 g/mol. The van der Waals surface area contributed by atoms with Gasteiger partial charge in [-0.3, -0.25) is 0 Å². The summed E-state index contributed by atoms with van der Waals surface area (Å²) >= 11 is 3.57. The molecule has 3 rings (SSSR count). The van der Waals surface area contributed by atoms with Crippen molar-refractivity contribution in [3.05, 3.63) is 70.2 Å². The molecule has 0 aromatic heterocycles. The molecule has 0 spiro atoms. The topological polar surface area (TPSA) is 50.4 Å². The van der Waals surface area contributed by atoms with E-state index >= 15 is 0 Å². The molecule has 0 bridgehead atoms. The smallest absolute Gasteiger partial charge is 0.408 e. The minimum atomic E-state index is -0.542. The second-order valence-electron chi connectivity index (χ2n) is 7.26. The molecule has 0 heterocycles. The number of carbonyl (C=O) groups excluding carboxylic acids is 1. The van der Waals surface area contributed by atoms with Gasteiger partial charge in [0.05, 0.1) is 12.1 Å². The average Bonchev–Trinajstić information content (AvgIpc) is 2.57. The summed E-state index contributed by atoms with van der Waals surface area (Å²) in [7, 11) is 0. The van der Waals surface area contributed by atoms with Gasteiger partial charge in [-0.05, 0) is 60.0 Å². The normalized spacial score (nSPS) is 18.8. The first-order valence-corrected chi connectivity index (χ1v) is 9.40. The highest BCUT2D eigenvalue weighted by Crippen LogP contribution is 2.32. The van der Waals surface area contributed by atoms with E-state index < -0.39 is 11.7 Å². The number of halogens is 1. The van der Waals surface area contributed by atoms with E-state index in [1.807, 2.05) is 69.3 Å². The van der Waals surface area contributed by atoms with Crippen LogP contribution in [0.2, 0.25) is 0 Å². The number of alkyl carbamates (subject to hydrolysis) is 1. The fourth-order valence-electron chi connectivity index (χ4n) is 2.95. The Kier molecular flexibility index (Phi) is 5.37. The van der Waals surface area contributed by atoms with Crippen LogP contribution in [0.1, 0.15) is 37.9 Å².